The monoisotopic (exact) mass is 326 g/mol. The Kier molecular flexibility index (Phi) is 4.74. The fourth-order valence-electron chi connectivity index (χ4n) is 3.04. The number of hydrogen-bond donors (Lipinski definition) is 2. The van der Waals surface area contributed by atoms with Crippen molar-refractivity contribution in [2.75, 3.05) is 25.4 Å². The lowest BCUT2D eigenvalue weighted by atomic mass is 9.98. The number of hydrazine groups is 1. The van der Waals surface area contributed by atoms with Gasteiger partial charge in [0.15, 0.2) is 0 Å². The van der Waals surface area contributed by atoms with E-state index in [0.29, 0.717) is 26.3 Å². The minimum absolute atomic E-state index is 0.124. The first-order valence-electron chi connectivity index (χ1n) is 7.55. The van der Waals surface area contributed by atoms with Gasteiger partial charge in [0.25, 0.3) is 0 Å². The molecule has 2 aliphatic rings. The maximum atomic E-state index is 12.0. The summed E-state index contributed by atoms with van der Waals surface area (Å²) in [7, 11) is -3.11. The molecule has 3 rings (SSSR count). The number of ether oxygens (including phenoxy) is 1. The van der Waals surface area contributed by atoms with Gasteiger partial charge in [0.1, 0.15) is 0 Å². The Morgan fingerprint density at radius 3 is 3.00 bits per heavy atom. The third-order valence-corrected chi connectivity index (χ3v) is 6.16. The van der Waals surface area contributed by atoms with Crippen LogP contribution in [0.15, 0.2) is 24.5 Å². The zero-order valence-corrected chi connectivity index (χ0v) is 13.4. The van der Waals surface area contributed by atoms with Gasteiger partial charge in [-0.15, -0.1) is 0 Å². The standard InChI is InChI=1S/C14H22N4O3S/c1-2-22(19,20)18-7-12-13(8-18)16-17-14(12)10-21-9-11-4-3-5-15-6-11/h3-6,12-14,16-17H,2,7-10H2,1H3. The van der Waals surface area contributed by atoms with Crippen LogP contribution in [0.5, 0.6) is 0 Å². The number of fused-ring (bicyclic) bond motifs is 1. The molecule has 8 heteroatoms. The Morgan fingerprint density at radius 2 is 2.27 bits per heavy atom. The van der Waals surface area contributed by atoms with Crippen molar-refractivity contribution < 1.29 is 13.2 Å². The molecule has 0 spiro atoms. The van der Waals surface area contributed by atoms with E-state index in [1.54, 1.807) is 23.6 Å². The van der Waals surface area contributed by atoms with E-state index in [0.717, 1.165) is 5.56 Å². The molecule has 122 valence electrons. The summed E-state index contributed by atoms with van der Waals surface area (Å²) in [6.45, 7) is 3.84. The summed E-state index contributed by atoms with van der Waals surface area (Å²) in [5.41, 5.74) is 7.45. The summed E-state index contributed by atoms with van der Waals surface area (Å²) in [5.74, 6) is 0.400. The number of aromatic nitrogens is 1. The fraction of sp³-hybridized carbons (Fsp3) is 0.643. The van der Waals surface area contributed by atoms with Gasteiger partial charge in [-0.2, -0.15) is 4.31 Å². The van der Waals surface area contributed by atoms with E-state index in [9.17, 15) is 8.42 Å². The zero-order valence-electron chi connectivity index (χ0n) is 12.6. The van der Waals surface area contributed by atoms with Gasteiger partial charge in [-0.05, 0) is 18.6 Å². The number of rotatable bonds is 6. The van der Waals surface area contributed by atoms with Gasteiger partial charge < -0.3 is 4.74 Å². The van der Waals surface area contributed by atoms with Gasteiger partial charge in [0, 0.05) is 37.4 Å². The highest BCUT2D eigenvalue weighted by atomic mass is 32.2. The van der Waals surface area contributed by atoms with E-state index in [4.69, 9.17) is 4.74 Å². The second-order valence-corrected chi connectivity index (χ2v) is 8.02. The SMILES string of the molecule is CCS(=O)(=O)N1CC2NNC(COCc3cccnc3)C2C1. The van der Waals surface area contributed by atoms with E-state index in [1.165, 1.54) is 0 Å². The molecule has 1 aromatic rings. The third kappa shape index (κ3) is 3.31. The van der Waals surface area contributed by atoms with Crippen molar-refractivity contribution in [1.29, 1.82) is 0 Å². The second kappa shape index (κ2) is 6.59. The normalized spacial score (nSPS) is 28.9. The van der Waals surface area contributed by atoms with Gasteiger partial charge in [-0.1, -0.05) is 6.07 Å². The first-order chi connectivity index (χ1) is 10.6. The molecule has 0 aliphatic carbocycles. The lowest BCUT2D eigenvalue weighted by Crippen LogP contribution is -2.42. The summed E-state index contributed by atoms with van der Waals surface area (Å²) in [6, 6.07) is 4.14. The van der Waals surface area contributed by atoms with Crippen LogP contribution in [-0.2, 0) is 21.4 Å². The summed E-state index contributed by atoms with van der Waals surface area (Å²) >= 11 is 0. The molecule has 0 radical (unpaired) electrons. The molecule has 2 N–H and O–H groups in total. The highest BCUT2D eigenvalue weighted by Crippen LogP contribution is 2.26. The summed E-state index contributed by atoms with van der Waals surface area (Å²) in [5, 5.41) is 0. The molecule has 2 fully saturated rings. The van der Waals surface area contributed by atoms with Gasteiger partial charge in [-0.25, -0.2) is 8.42 Å². The van der Waals surface area contributed by atoms with Gasteiger partial charge in [-0.3, -0.25) is 15.8 Å². The summed E-state index contributed by atoms with van der Waals surface area (Å²) < 4.78 is 31.3. The van der Waals surface area contributed by atoms with E-state index in [1.807, 2.05) is 12.1 Å². The number of sulfonamides is 1. The van der Waals surface area contributed by atoms with Crippen molar-refractivity contribution in [2.45, 2.75) is 25.6 Å². The van der Waals surface area contributed by atoms with E-state index in [2.05, 4.69) is 15.8 Å². The van der Waals surface area contributed by atoms with Crippen molar-refractivity contribution in [3.8, 4) is 0 Å². The van der Waals surface area contributed by atoms with Crippen LogP contribution >= 0.6 is 0 Å². The molecule has 3 atom stereocenters. The minimum Gasteiger partial charge on any atom is -0.375 e. The van der Waals surface area contributed by atoms with E-state index in [-0.39, 0.29) is 23.8 Å². The van der Waals surface area contributed by atoms with Crippen molar-refractivity contribution in [1.82, 2.24) is 20.1 Å². The molecule has 0 bridgehead atoms. The first kappa shape index (κ1) is 15.8. The van der Waals surface area contributed by atoms with Crippen LogP contribution < -0.4 is 10.9 Å². The van der Waals surface area contributed by atoms with Crippen LogP contribution in [0.2, 0.25) is 0 Å². The maximum Gasteiger partial charge on any atom is 0.213 e. The molecule has 0 aromatic carbocycles. The summed E-state index contributed by atoms with van der Waals surface area (Å²) in [4.78, 5) is 4.05. The Labute approximate surface area is 131 Å². The average molecular weight is 326 g/mol. The average Bonchev–Trinajstić information content (AvgIpc) is 3.10. The largest absolute Gasteiger partial charge is 0.375 e. The smallest absolute Gasteiger partial charge is 0.213 e. The van der Waals surface area contributed by atoms with E-state index >= 15 is 0 Å². The topological polar surface area (TPSA) is 83.6 Å². The van der Waals surface area contributed by atoms with Gasteiger partial charge in [0.05, 0.1) is 25.0 Å². The molecule has 22 heavy (non-hydrogen) atoms. The first-order valence-corrected chi connectivity index (χ1v) is 9.16. The predicted octanol–water partition coefficient (Wildman–Crippen LogP) is -0.275. The number of hydrogen-bond acceptors (Lipinski definition) is 6. The fourth-order valence-corrected chi connectivity index (χ4v) is 4.19. The Balaban J connectivity index is 1.52. The molecule has 2 aliphatic heterocycles. The molecule has 3 heterocycles. The second-order valence-electron chi connectivity index (χ2n) is 5.76. The van der Waals surface area contributed by atoms with Crippen LogP contribution in [0.3, 0.4) is 0 Å². The number of nitrogens with one attached hydrogen (secondary N) is 2. The molecular weight excluding hydrogens is 304 g/mol. The molecule has 1 aromatic heterocycles. The number of pyridine rings is 1. The van der Waals surface area contributed by atoms with Gasteiger partial charge in [0.2, 0.25) is 10.0 Å². The maximum absolute atomic E-state index is 12.0. The zero-order chi connectivity index (χ0) is 15.6. The lowest BCUT2D eigenvalue weighted by Gasteiger charge is -2.20. The molecule has 3 unspecified atom stereocenters. The highest BCUT2D eigenvalue weighted by Gasteiger charge is 2.45. The van der Waals surface area contributed by atoms with Crippen molar-refractivity contribution in [3.05, 3.63) is 30.1 Å². The molecule has 2 saturated heterocycles. The van der Waals surface area contributed by atoms with Crippen molar-refractivity contribution >= 4 is 10.0 Å². The summed E-state index contributed by atoms with van der Waals surface area (Å²) in [6.07, 6.45) is 3.52. The molecule has 0 saturated carbocycles. The Bertz CT molecular complexity index is 595. The van der Waals surface area contributed by atoms with Crippen LogP contribution in [0.4, 0.5) is 0 Å². The molecular formula is C14H22N4O3S. The number of nitrogens with zero attached hydrogens (tertiary/aromatic N) is 2. The predicted molar refractivity (Wildman–Crippen MR) is 82.3 cm³/mol. The van der Waals surface area contributed by atoms with Crippen molar-refractivity contribution in [2.24, 2.45) is 5.92 Å². The Morgan fingerprint density at radius 1 is 1.41 bits per heavy atom. The van der Waals surface area contributed by atoms with Gasteiger partial charge >= 0.3 is 0 Å². The van der Waals surface area contributed by atoms with Crippen LogP contribution in [0.1, 0.15) is 12.5 Å². The van der Waals surface area contributed by atoms with Crippen molar-refractivity contribution in [3.63, 3.8) is 0 Å². The lowest BCUT2D eigenvalue weighted by molar-refractivity contribution is 0.0914. The molecule has 7 nitrogen and oxygen atoms in total. The molecule has 0 amide bonds. The Hall–Kier alpha value is -1.06. The van der Waals surface area contributed by atoms with Crippen LogP contribution in [-0.4, -0.2) is 55.2 Å². The highest BCUT2D eigenvalue weighted by molar-refractivity contribution is 7.89. The minimum atomic E-state index is -3.11. The third-order valence-electron chi connectivity index (χ3n) is 4.35. The van der Waals surface area contributed by atoms with Crippen LogP contribution in [0, 0.1) is 5.92 Å². The van der Waals surface area contributed by atoms with Crippen LogP contribution in [0.25, 0.3) is 0 Å². The van der Waals surface area contributed by atoms with E-state index < -0.39 is 10.0 Å². The quantitative estimate of drug-likeness (QED) is 0.748.